The van der Waals surface area contributed by atoms with Crippen molar-refractivity contribution >= 4 is 21.2 Å². The van der Waals surface area contributed by atoms with E-state index in [9.17, 15) is 8.42 Å². The summed E-state index contributed by atoms with van der Waals surface area (Å²) in [7, 11) is -2.78. The molecule has 1 saturated heterocycles. The minimum atomic E-state index is -2.78. The third kappa shape index (κ3) is 4.39. The number of rotatable bonds is 6. The molecule has 1 unspecified atom stereocenters. The fourth-order valence-electron chi connectivity index (χ4n) is 1.86. The second-order valence-electron chi connectivity index (χ2n) is 4.19. The van der Waals surface area contributed by atoms with Crippen molar-refractivity contribution in [3.05, 3.63) is 22.4 Å². The van der Waals surface area contributed by atoms with Gasteiger partial charge in [0.25, 0.3) is 0 Å². The van der Waals surface area contributed by atoms with Gasteiger partial charge in [0, 0.05) is 17.5 Å². The quantitative estimate of drug-likeness (QED) is 0.788. The second kappa shape index (κ2) is 5.95. The largest absolute Gasteiger partial charge is 0.375 e. The highest BCUT2D eigenvalue weighted by molar-refractivity contribution is 7.91. The molecule has 0 bridgehead atoms. The van der Waals surface area contributed by atoms with Crippen LogP contribution < -0.4 is 5.32 Å². The van der Waals surface area contributed by atoms with Gasteiger partial charge in [-0.15, -0.1) is 11.3 Å². The SMILES string of the molecule is O=S1(=O)CCC(NCCOCc2cccs2)C1. The number of thiophene rings is 1. The van der Waals surface area contributed by atoms with Crippen LogP contribution in [0.4, 0.5) is 0 Å². The summed E-state index contributed by atoms with van der Waals surface area (Å²) in [6.45, 7) is 1.97. The Balaban J connectivity index is 1.55. The first-order valence-corrected chi connectivity index (χ1v) is 8.40. The molecule has 0 spiro atoms. The topological polar surface area (TPSA) is 55.4 Å². The molecule has 0 aromatic carbocycles. The summed E-state index contributed by atoms with van der Waals surface area (Å²) in [5.41, 5.74) is 0. The molecule has 6 heteroatoms. The molecule has 2 heterocycles. The molecule has 4 nitrogen and oxygen atoms in total. The van der Waals surface area contributed by atoms with E-state index in [-0.39, 0.29) is 11.8 Å². The number of sulfone groups is 1. The second-order valence-corrected chi connectivity index (χ2v) is 7.45. The first-order valence-electron chi connectivity index (χ1n) is 5.70. The Morgan fingerprint density at radius 3 is 3.06 bits per heavy atom. The fourth-order valence-corrected chi connectivity index (χ4v) is 4.21. The molecule has 2 rings (SSSR count). The highest BCUT2D eigenvalue weighted by Gasteiger charge is 2.26. The predicted molar refractivity (Wildman–Crippen MR) is 69.0 cm³/mol. The average molecular weight is 275 g/mol. The van der Waals surface area contributed by atoms with Crippen LogP contribution in [0.15, 0.2) is 17.5 Å². The first-order chi connectivity index (χ1) is 8.16. The third-order valence-corrected chi connectivity index (χ3v) is 5.35. The molecule has 1 fully saturated rings. The molecular weight excluding hydrogens is 258 g/mol. The molecule has 0 aliphatic carbocycles. The predicted octanol–water partition coefficient (Wildman–Crippen LogP) is 1.04. The molecule has 96 valence electrons. The van der Waals surface area contributed by atoms with Crippen LogP contribution in [0.5, 0.6) is 0 Å². The molecule has 0 saturated carbocycles. The van der Waals surface area contributed by atoms with Gasteiger partial charge in [-0.25, -0.2) is 8.42 Å². The van der Waals surface area contributed by atoms with Crippen molar-refractivity contribution in [1.82, 2.24) is 5.32 Å². The van der Waals surface area contributed by atoms with Gasteiger partial charge < -0.3 is 10.1 Å². The van der Waals surface area contributed by atoms with E-state index < -0.39 is 9.84 Å². The standard InChI is InChI=1S/C11H17NO3S2/c13-17(14)7-3-10(9-17)12-4-5-15-8-11-2-1-6-16-11/h1-2,6,10,12H,3-5,7-9H2. The van der Waals surface area contributed by atoms with Crippen molar-refractivity contribution in [2.75, 3.05) is 24.7 Å². The Morgan fingerprint density at radius 2 is 2.41 bits per heavy atom. The lowest BCUT2D eigenvalue weighted by molar-refractivity contribution is 0.123. The Morgan fingerprint density at radius 1 is 1.53 bits per heavy atom. The molecule has 0 radical (unpaired) electrons. The van der Waals surface area contributed by atoms with Crippen molar-refractivity contribution in [2.45, 2.75) is 19.1 Å². The van der Waals surface area contributed by atoms with Crippen molar-refractivity contribution < 1.29 is 13.2 Å². The molecule has 0 amide bonds. The van der Waals surface area contributed by atoms with E-state index in [1.807, 2.05) is 17.5 Å². The number of nitrogens with one attached hydrogen (secondary N) is 1. The van der Waals surface area contributed by atoms with Crippen LogP contribution in [-0.2, 0) is 21.2 Å². The molecule has 1 aliphatic heterocycles. The minimum absolute atomic E-state index is 0.116. The summed E-state index contributed by atoms with van der Waals surface area (Å²) >= 11 is 1.68. The summed E-state index contributed by atoms with van der Waals surface area (Å²) < 4.78 is 27.9. The average Bonchev–Trinajstić information content (AvgIpc) is 2.88. The highest BCUT2D eigenvalue weighted by atomic mass is 32.2. The van der Waals surface area contributed by atoms with E-state index in [4.69, 9.17) is 4.74 Å². The molecule has 1 aromatic heterocycles. The maximum Gasteiger partial charge on any atom is 0.151 e. The zero-order valence-corrected chi connectivity index (χ0v) is 11.2. The molecule has 1 N–H and O–H groups in total. The first kappa shape index (κ1) is 13.0. The summed E-state index contributed by atoms with van der Waals surface area (Å²) in [5, 5.41) is 5.24. The summed E-state index contributed by atoms with van der Waals surface area (Å²) in [6.07, 6.45) is 0.729. The van der Waals surface area contributed by atoms with E-state index in [2.05, 4.69) is 5.32 Å². The van der Waals surface area contributed by atoms with Gasteiger partial charge in [-0.3, -0.25) is 0 Å². The van der Waals surface area contributed by atoms with Crippen LogP contribution in [0.25, 0.3) is 0 Å². The molecule has 1 atom stereocenters. The lowest BCUT2D eigenvalue weighted by atomic mass is 10.3. The zero-order valence-electron chi connectivity index (χ0n) is 9.59. The molecule has 1 aliphatic rings. The zero-order chi connectivity index (χ0) is 12.1. The van der Waals surface area contributed by atoms with Crippen molar-refractivity contribution in [3.63, 3.8) is 0 Å². The van der Waals surface area contributed by atoms with Gasteiger partial charge >= 0.3 is 0 Å². The van der Waals surface area contributed by atoms with Gasteiger partial charge in [0.1, 0.15) is 0 Å². The lowest BCUT2D eigenvalue weighted by Gasteiger charge is -2.10. The van der Waals surface area contributed by atoms with Crippen molar-refractivity contribution in [3.8, 4) is 0 Å². The Hall–Kier alpha value is -0.430. The maximum absolute atomic E-state index is 11.2. The fraction of sp³-hybridized carbons (Fsp3) is 0.636. The van der Waals surface area contributed by atoms with Gasteiger partial charge in [-0.2, -0.15) is 0 Å². The van der Waals surface area contributed by atoms with E-state index in [0.29, 0.717) is 25.5 Å². The summed E-state index contributed by atoms with van der Waals surface area (Å²) in [4.78, 5) is 1.22. The van der Waals surface area contributed by atoms with Gasteiger partial charge in [0.05, 0.1) is 24.7 Å². The van der Waals surface area contributed by atoms with E-state index in [0.717, 1.165) is 6.42 Å². The van der Waals surface area contributed by atoms with Crippen LogP contribution in [0.2, 0.25) is 0 Å². The van der Waals surface area contributed by atoms with E-state index in [1.165, 1.54) is 4.88 Å². The van der Waals surface area contributed by atoms with Crippen molar-refractivity contribution in [1.29, 1.82) is 0 Å². The van der Waals surface area contributed by atoms with Gasteiger partial charge in [0.15, 0.2) is 9.84 Å². The minimum Gasteiger partial charge on any atom is -0.375 e. The highest BCUT2D eigenvalue weighted by Crippen LogP contribution is 2.11. The number of hydrogen-bond acceptors (Lipinski definition) is 5. The Labute approximate surface area is 106 Å². The number of hydrogen-bond donors (Lipinski definition) is 1. The van der Waals surface area contributed by atoms with Gasteiger partial charge in [-0.1, -0.05) is 6.07 Å². The molecule has 1 aromatic rings. The van der Waals surface area contributed by atoms with Crippen LogP contribution in [0, 0.1) is 0 Å². The van der Waals surface area contributed by atoms with Gasteiger partial charge in [-0.05, 0) is 17.9 Å². The van der Waals surface area contributed by atoms with Crippen LogP contribution in [-0.4, -0.2) is 39.1 Å². The van der Waals surface area contributed by atoms with Crippen LogP contribution >= 0.6 is 11.3 Å². The summed E-state index contributed by atoms with van der Waals surface area (Å²) in [6, 6.07) is 4.16. The smallest absolute Gasteiger partial charge is 0.151 e. The van der Waals surface area contributed by atoms with Crippen molar-refractivity contribution in [2.24, 2.45) is 0 Å². The lowest BCUT2D eigenvalue weighted by Crippen LogP contribution is -2.32. The summed E-state index contributed by atoms with van der Waals surface area (Å²) in [5.74, 6) is 0.596. The van der Waals surface area contributed by atoms with Gasteiger partial charge in [0.2, 0.25) is 0 Å². The Kier molecular flexibility index (Phi) is 4.55. The molecular formula is C11H17NO3S2. The van der Waals surface area contributed by atoms with Crippen LogP contribution in [0.1, 0.15) is 11.3 Å². The number of ether oxygens (including phenoxy) is 1. The molecule has 17 heavy (non-hydrogen) atoms. The maximum atomic E-state index is 11.2. The Bertz CT molecular complexity index is 428. The monoisotopic (exact) mass is 275 g/mol. The normalized spacial score (nSPS) is 22.9. The van der Waals surface area contributed by atoms with E-state index in [1.54, 1.807) is 11.3 Å². The van der Waals surface area contributed by atoms with E-state index >= 15 is 0 Å². The third-order valence-electron chi connectivity index (χ3n) is 2.74. The van der Waals surface area contributed by atoms with Crippen LogP contribution in [0.3, 0.4) is 0 Å².